The molecular weight excluding hydrogens is 199 g/mol. The zero-order valence-electron chi connectivity index (χ0n) is 7.89. The second kappa shape index (κ2) is 5.15. The van der Waals surface area contributed by atoms with Crippen molar-refractivity contribution in [1.29, 1.82) is 0 Å². The summed E-state index contributed by atoms with van der Waals surface area (Å²) >= 11 is 0. The van der Waals surface area contributed by atoms with Crippen LogP contribution in [0.3, 0.4) is 0 Å². The SMILES string of the molecule is NP(=O)(O)CCCNc1ccccc1. The fraction of sp³-hybridized carbons (Fsp3) is 0.333. The van der Waals surface area contributed by atoms with Gasteiger partial charge in [0, 0.05) is 18.4 Å². The second-order valence-corrected chi connectivity index (χ2v) is 5.08. The topological polar surface area (TPSA) is 75.4 Å². The van der Waals surface area contributed by atoms with Gasteiger partial charge in [0.25, 0.3) is 7.52 Å². The smallest absolute Gasteiger partial charge is 0.264 e. The molecular formula is C9H15N2O2P. The standard InChI is InChI=1S/C9H15N2O2P/c10-14(12,13)8-4-7-11-9-5-2-1-3-6-9/h1-3,5-6,11H,4,7-8H2,(H3,10,12,13). The number of rotatable bonds is 5. The van der Waals surface area contributed by atoms with E-state index in [4.69, 9.17) is 10.4 Å². The summed E-state index contributed by atoms with van der Waals surface area (Å²) in [6.07, 6.45) is 0.756. The molecule has 1 rings (SSSR count). The van der Waals surface area contributed by atoms with Crippen molar-refractivity contribution in [3.63, 3.8) is 0 Å². The Morgan fingerprint density at radius 1 is 1.36 bits per heavy atom. The number of nitrogens with two attached hydrogens (primary N) is 1. The van der Waals surface area contributed by atoms with E-state index in [2.05, 4.69) is 5.32 Å². The van der Waals surface area contributed by atoms with Crippen LogP contribution < -0.4 is 10.8 Å². The maximum atomic E-state index is 10.7. The Balaban J connectivity index is 2.20. The van der Waals surface area contributed by atoms with Gasteiger partial charge in [0.05, 0.1) is 0 Å². The lowest BCUT2D eigenvalue weighted by atomic mass is 10.3. The lowest BCUT2D eigenvalue weighted by molar-refractivity contribution is 0.478. The first-order chi connectivity index (χ1) is 6.58. The van der Waals surface area contributed by atoms with Crippen molar-refractivity contribution in [2.75, 3.05) is 18.0 Å². The molecule has 0 saturated heterocycles. The number of para-hydroxylation sites is 1. The first-order valence-electron chi connectivity index (χ1n) is 4.47. The third-order valence-electron chi connectivity index (χ3n) is 1.76. The summed E-state index contributed by atoms with van der Waals surface area (Å²) in [5.41, 5.74) is 6.01. The molecule has 0 aliphatic heterocycles. The fourth-order valence-corrected chi connectivity index (χ4v) is 1.71. The van der Waals surface area contributed by atoms with Crippen molar-refractivity contribution >= 4 is 13.2 Å². The molecule has 0 amide bonds. The van der Waals surface area contributed by atoms with E-state index >= 15 is 0 Å². The summed E-state index contributed by atoms with van der Waals surface area (Å²) in [7, 11) is -3.33. The van der Waals surface area contributed by atoms with E-state index in [1.807, 2.05) is 30.3 Å². The van der Waals surface area contributed by atoms with Gasteiger partial charge in [0.1, 0.15) is 0 Å². The Morgan fingerprint density at radius 2 is 2.00 bits per heavy atom. The van der Waals surface area contributed by atoms with E-state index in [0.717, 1.165) is 5.69 Å². The predicted molar refractivity (Wildman–Crippen MR) is 58.4 cm³/mol. The van der Waals surface area contributed by atoms with Crippen molar-refractivity contribution in [3.05, 3.63) is 30.3 Å². The van der Waals surface area contributed by atoms with E-state index in [9.17, 15) is 4.57 Å². The molecule has 1 aromatic rings. The quantitative estimate of drug-likeness (QED) is 0.514. The van der Waals surface area contributed by atoms with Crippen LogP contribution in [0.2, 0.25) is 0 Å². The molecule has 5 heteroatoms. The molecule has 0 bridgehead atoms. The van der Waals surface area contributed by atoms with Crippen molar-refractivity contribution in [1.82, 2.24) is 0 Å². The van der Waals surface area contributed by atoms with E-state index in [-0.39, 0.29) is 6.16 Å². The monoisotopic (exact) mass is 214 g/mol. The normalized spacial score (nSPS) is 14.7. The zero-order chi connectivity index (χ0) is 10.4. The van der Waals surface area contributed by atoms with Gasteiger partial charge in [-0.1, -0.05) is 18.2 Å². The minimum absolute atomic E-state index is 0.160. The van der Waals surface area contributed by atoms with Crippen molar-refractivity contribution in [3.8, 4) is 0 Å². The number of hydrogen-bond donors (Lipinski definition) is 3. The van der Waals surface area contributed by atoms with Crippen LogP contribution in [-0.2, 0) is 4.57 Å². The summed E-state index contributed by atoms with van der Waals surface area (Å²) in [4.78, 5) is 8.82. The fourth-order valence-electron chi connectivity index (χ4n) is 1.09. The van der Waals surface area contributed by atoms with Crippen LogP contribution in [0.1, 0.15) is 6.42 Å². The van der Waals surface area contributed by atoms with Crippen LogP contribution in [-0.4, -0.2) is 17.6 Å². The Bertz CT molecular complexity index is 310. The highest BCUT2D eigenvalue weighted by Gasteiger charge is 2.08. The van der Waals surface area contributed by atoms with E-state index < -0.39 is 7.52 Å². The molecule has 0 aliphatic carbocycles. The Kier molecular flexibility index (Phi) is 4.14. The van der Waals surface area contributed by atoms with Gasteiger partial charge in [-0.15, -0.1) is 0 Å². The maximum absolute atomic E-state index is 10.7. The van der Waals surface area contributed by atoms with Gasteiger partial charge in [-0.2, -0.15) is 0 Å². The number of nitrogens with one attached hydrogen (secondary N) is 1. The first kappa shape index (κ1) is 11.2. The first-order valence-corrected chi connectivity index (χ1v) is 6.39. The highest BCUT2D eigenvalue weighted by molar-refractivity contribution is 7.55. The molecule has 4 nitrogen and oxygen atoms in total. The van der Waals surface area contributed by atoms with Crippen molar-refractivity contribution < 1.29 is 9.46 Å². The lowest BCUT2D eigenvalue weighted by Gasteiger charge is -2.07. The van der Waals surface area contributed by atoms with Crippen LogP contribution in [0.25, 0.3) is 0 Å². The molecule has 0 aromatic heterocycles. The molecule has 0 aliphatic rings. The van der Waals surface area contributed by atoms with Crippen LogP contribution in [0.15, 0.2) is 30.3 Å². The summed E-state index contributed by atoms with van der Waals surface area (Å²) < 4.78 is 10.7. The van der Waals surface area contributed by atoms with E-state index in [0.29, 0.717) is 13.0 Å². The Labute approximate surface area is 83.6 Å². The predicted octanol–water partition coefficient (Wildman–Crippen LogP) is 1.63. The zero-order valence-corrected chi connectivity index (χ0v) is 8.78. The van der Waals surface area contributed by atoms with Crippen LogP contribution in [0.4, 0.5) is 5.69 Å². The van der Waals surface area contributed by atoms with Gasteiger partial charge >= 0.3 is 0 Å². The summed E-state index contributed by atoms with van der Waals surface area (Å²) in [5.74, 6) is 0. The average molecular weight is 214 g/mol. The van der Waals surface area contributed by atoms with Crippen LogP contribution in [0, 0.1) is 0 Å². The minimum atomic E-state index is -3.33. The third kappa shape index (κ3) is 5.02. The Hall–Kier alpha value is -0.830. The lowest BCUT2D eigenvalue weighted by Crippen LogP contribution is -2.06. The number of benzene rings is 1. The molecule has 0 radical (unpaired) electrons. The second-order valence-electron chi connectivity index (χ2n) is 3.13. The third-order valence-corrected chi connectivity index (χ3v) is 2.72. The molecule has 0 fully saturated rings. The molecule has 1 aromatic carbocycles. The number of hydrogen-bond acceptors (Lipinski definition) is 2. The average Bonchev–Trinajstić information content (AvgIpc) is 2.13. The molecule has 4 N–H and O–H groups in total. The van der Waals surface area contributed by atoms with Crippen LogP contribution >= 0.6 is 7.52 Å². The van der Waals surface area contributed by atoms with Crippen molar-refractivity contribution in [2.24, 2.45) is 5.50 Å². The van der Waals surface area contributed by atoms with Gasteiger partial charge in [-0.25, -0.2) is 0 Å². The minimum Gasteiger partial charge on any atom is -0.385 e. The Morgan fingerprint density at radius 3 is 2.57 bits per heavy atom. The van der Waals surface area contributed by atoms with Gasteiger partial charge in [-0.3, -0.25) is 10.1 Å². The van der Waals surface area contributed by atoms with E-state index in [1.54, 1.807) is 0 Å². The van der Waals surface area contributed by atoms with E-state index in [1.165, 1.54) is 0 Å². The van der Waals surface area contributed by atoms with Gasteiger partial charge in [-0.05, 0) is 18.6 Å². The van der Waals surface area contributed by atoms with Gasteiger partial charge < -0.3 is 10.2 Å². The molecule has 0 saturated carbocycles. The molecule has 1 atom stereocenters. The molecule has 0 spiro atoms. The molecule has 1 unspecified atom stereocenters. The maximum Gasteiger partial charge on any atom is 0.264 e. The highest BCUT2D eigenvalue weighted by Crippen LogP contribution is 2.29. The summed E-state index contributed by atoms with van der Waals surface area (Å²) in [6.45, 7) is 0.658. The highest BCUT2D eigenvalue weighted by atomic mass is 31.2. The molecule has 14 heavy (non-hydrogen) atoms. The summed E-state index contributed by atoms with van der Waals surface area (Å²) in [5, 5.41) is 3.13. The van der Waals surface area contributed by atoms with Gasteiger partial charge in [0.15, 0.2) is 0 Å². The summed E-state index contributed by atoms with van der Waals surface area (Å²) in [6, 6.07) is 9.69. The molecule has 78 valence electrons. The largest absolute Gasteiger partial charge is 0.385 e. The van der Waals surface area contributed by atoms with Crippen molar-refractivity contribution in [2.45, 2.75) is 6.42 Å². The molecule has 0 heterocycles. The van der Waals surface area contributed by atoms with Crippen LogP contribution in [0.5, 0.6) is 0 Å². The van der Waals surface area contributed by atoms with Gasteiger partial charge in [0.2, 0.25) is 0 Å². The number of anilines is 1.